The lowest BCUT2D eigenvalue weighted by atomic mass is 10.1. The zero-order valence-corrected chi connectivity index (χ0v) is 15.7. The van der Waals surface area contributed by atoms with Gasteiger partial charge in [0.2, 0.25) is 0 Å². The fourth-order valence-corrected chi connectivity index (χ4v) is 2.59. The van der Waals surface area contributed by atoms with Crippen LogP contribution < -0.4 is 16.2 Å². The highest BCUT2D eigenvalue weighted by Gasteiger charge is 2.18. The minimum Gasteiger partial charge on any atom is -0.389 e. The Morgan fingerprint density at radius 2 is 2.00 bits per heavy atom. The number of pyridine rings is 1. The van der Waals surface area contributed by atoms with E-state index in [-0.39, 0.29) is 17.0 Å². The van der Waals surface area contributed by atoms with Gasteiger partial charge in [-0.15, -0.1) is 0 Å². The fourth-order valence-electron chi connectivity index (χ4n) is 2.59. The smallest absolute Gasteiger partial charge is 0.263 e. The first-order chi connectivity index (χ1) is 12.5. The monoisotopic (exact) mass is 353 g/mol. The number of nitrogens with one attached hydrogen (secondary N) is 2. The molecule has 3 rings (SSSR count). The molecule has 1 amide bonds. The molecule has 26 heavy (non-hydrogen) atoms. The van der Waals surface area contributed by atoms with Gasteiger partial charge in [-0.25, -0.2) is 0 Å². The number of aryl methyl sites for hydroxylation is 2. The average Bonchev–Trinajstić information content (AvgIpc) is 3.44. The summed E-state index contributed by atoms with van der Waals surface area (Å²) in [5.74, 6) is -0.350. The van der Waals surface area contributed by atoms with Crippen molar-refractivity contribution in [2.45, 2.75) is 39.3 Å². The van der Waals surface area contributed by atoms with Crippen LogP contribution in [0.4, 0.5) is 0 Å². The van der Waals surface area contributed by atoms with Gasteiger partial charge in [0.25, 0.3) is 11.5 Å². The van der Waals surface area contributed by atoms with Gasteiger partial charge < -0.3 is 15.2 Å². The molecule has 2 N–H and O–H groups in total. The van der Waals surface area contributed by atoms with E-state index in [4.69, 9.17) is 0 Å². The van der Waals surface area contributed by atoms with E-state index in [0.29, 0.717) is 6.54 Å². The molecule has 0 unspecified atom stereocenters. The van der Waals surface area contributed by atoms with E-state index in [0.717, 1.165) is 22.7 Å². The van der Waals surface area contributed by atoms with E-state index < -0.39 is 0 Å². The van der Waals surface area contributed by atoms with Gasteiger partial charge in [0.05, 0.1) is 6.54 Å². The Kier molecular flexibility index (Phi) is 6.78. The topological polar surface area (TPSA) is 63.1 Å². The lowest BCUT2D eigenvalue weighted by Crippen LogP contribution is -2.31. The average molecular weight is 353 g/mol. The van der Waals surface area contributed by atoms with Crippen LogP contribution in [0.25, 0.3) is 0 Å². The molecule has 2 aromatic rings. The maximum atomic E-state index is 12.3. The summed E-state index contributed by atoms with van der Waals surface area (Å²) in [5, 5.41) is 5.58. The molecule has 0 aliphatic heterocycles. The number of rotatable bonds is 5. The van der Waals surface area contributed by atoms with Crippen molar-refractivity contribution in [3.63, 3.8) is 0 Å². The first kappa shape index (κ1) is 19.5. The van der Waals surface area contributed by atoms with Gasteiger partial charge >= 0.3 is 0 Å². The van der Waals surface area contributed by atoms with Gasteiger partial charge in [-0.05, 0) is 55.6 Å². The van der Waals surface area contributed by atoms with Crippen molar-refractivity contribution in [1.82, 2.24) is 15.2 Å². The van der Waals surface area contributed by atoms with Gasteiger partial charge in [0, 0.05) is 19.3 Å². The van der Waals surface area contributed by atoms with Gasteiger partial charge in [-0.2, -0.15) is 0 Å². The van der Waals surface area contributed by atoms with Crippen molar-refractivity contribution < 1.29 is 4.79 Å². The molecule has 0 atom stereocenters. The van der Waals surface area contributed by atoms with Crippen molar-refractivity contribution in [2.24, 2.45) is 0 Å². The molecule has 0 bridgehead atoms. The summed E-state index contributed by atoms with van der Waals surface area (Å²) in [6.45, 7) is 7.88. The molecular weight excluding hydrogens is 326 g/mol. The second kappa shape index (κ2) is 9.04. The molecule has 1 aliphatic rings. The predicted octanol–water partition coefficient (Wildman–Crippen LogP) is 2.75. The number of aromatic nitrogens is 1. The third-order valence-electron chi connectivity index (χ3n) is 4.23. The molecule has 0 saturated heterocycles. The fraction of sp³-hybridized carbons (Fsp3) is 0.333. The quantitative estimate of drug-likeness (QED) is 0.869. The summed E-state index contributed by atoms with van der Waals surface area (Å²) >= 11 is 0. The molecule has 1 aliphatic carbocycles. The van der Waals surface area contributed by atoms with Crippen LogP contribution in [-0.4, -0.2) is 23.6 Å². The van der Waals surface area contributed by atoms with Crippen molar-refractivity contribution in [3.05, 3.63) is 81.9 Å². The zero-order valence-electron chi connectivity index (χ0n) is 15.7. The van der Waals surface area contributed by atoms with E-state index >= 15 is 0 Å². The summed E-state index contributed by atoms with van der Waals surface area (Å²) in [5.41, 5.74) is 3.00. The molecule has 1 saturated carbocycles. The summed E-state index contributed by atoms with van der Waals surface area (Å²) < 4.78 is 1.59. The predicted molar refractivity (Wildman–Crippen MR) is 105 cm³/mol. The lowest BCUT2D eigenvalue weighted by molar-refractivity contribution is 0.0961. The molecule has 138 valence electrons. The number of nitrogens with zero attached hydrogens (tertiary/aromatic N) is 1. The third kappa shape index (κ3) is 5.34. The van der Waals surface area contributed by atoms with Crippen LogP contribution in [0.3, 0.4) is 0 Å². The standard InChI is InChI=1S/C16H18N2O2.C5H9N/c1-11-8-14(15(19)17-3)16(20)18(9-11)10-13-7-5-4-6-12(13)2;1-2-6-5-3-4-5/h4-9H,10H2,1-3H3,(H,17,19);2,5-6H,1,3-4H2. The van der Waals surface area contributed by atoms with Crippen LogP contribution in [0.1, 0.15) is 39.9 Å². The molecular formula is C21H27N3O2. The van der Waals surface area contributed by atoms with Crippen LogP contribution in [-0.2, 0) is 6.54 Å². The number of hydrogen-bond donors (Lipinski definition) is 2. The molecule has 1 aromatic carbocycles. The first-order valence-electron chi connectivity index (χ1n) is 8.81. The summed E-state index contributed by atoms with van der Waals surface area (Å²) in [7, 11) is 1.52. The summed E-state index contributed by atoms with van der Waals surface area (Å²) in [4.78, 5) is 24.1. The Bertz CT molecular complexity index is 835. The minimum atomic E-state index is -0.350. The minimum absolute atomic E-state index is 0.182. The first-order valence-corrected chi connectivity index (χ1v) is 8.81. The molecule has 1 aromatic heterocycles. The normalized spacial score (nSPS) is 12.6. The molecule has 1 fully saturated rings. The Morgan fingerprint density at radius 3 is 2.54 bits per heavy atom. The number of carbonyl (C=O) groups is 1. The van der Waals surface area contributed by atoms with Gasteiger partial charge in [-0.1, -0.05) is 30.8 Å². The second-order valence-electron chi connectivity index (χ2n) is 6.51. The van der Waals surface area contributed by atoms with Crippen LogP contribution in [0.2, 0.25) is 0 Å². The van der Waals surface area contributed by atoms with Crippen LogP contribution in [0.15, 0.2) is 54.1 Å². The van der Waals surface area contributed by atoms with E-state index in [1.807, 2.05) is 38.1 Å². The zero-order chi connectivity index (χ0) is 19.1. The molecule has 0 radical (unpaired) electrons. The largest absolute Gasteiger partial charge is 0.389 e. The number of benzene rings is 1. The summed E-state index contributed by atoms with van der Waals surface area (Å²) in [6.07, 6.45) is 6.22. The molecule has 1 heterocycles. The van der Waals surface area contributed by atoms with Crippen molar-refractivity contribution >= 4 is 5.91 Å². The van der Waals surface area contributed by atoms with E-state index in [2.05, 4.69) is 17.2 Å². The number of carbonyl (C=O) groups excluding carboxylic acids is 1. The highest BCUT2D eigenvalue weighted by atomic mass is 16.2. The Balaban J connectivity index is 0.000000342. The molecule has 5 heteroatoms. The van der Waals surface area contributed by atoms with Crippen molar-refractivity contribution in [1.29, 1.82) is 0 Å². The Hall–Kier alpha value is -2.82. The Labute approximate surface area is 154 Å². The molecule has 0 spiro atoms. The van der Waals surface area contributed by atoms with Gasteiger partial charge in [0.15, 0.2) is 0 Å². The van der Waals surface area contributed by atoms with Crippen molar-refractivity contribution in [2.75, 3.05) is 7.05 Å². The van der Waals surface area contributed by atoms with Crippen LogP contribution in [0, 0.1) is 13.8 Å². The van der Waals surface area contributed by atoms with E-state index in [1.165, 1.54) is 19.9 Å². The van der Waals surface area contributed by atoms with E-state index in [9.17, 15) is 9.59 Å². The lowest BCUT2D eigenvalue weighted by Gasteiger charge is -2.11. The number of hydrogen-bond acceptors (Lipinski definition) is 3. The summed E-state index contributed by atoms with van der Waals surface area (Å²) in [6, 6.07) is 10.3. The number of amides is 1. The maximum absolute atomic E-state index is 12.3. The van der Waals surface area contributed by atoms with E-state index in [1.54, 1.807) is 23.0 Å². The second-order valence-corrected chi connectivity index (χ2v) is 6.51. The van der Waals surface area contributed by atoms with Gasteiger partial charge in [0.1, 0.15) is 5.56 Å². The highest BCUT2D eigenvalue weighted by molar-refractivity contribution is 5.93. The Morgan fingerprint density at radius 1 is 1.31 bits per heavy atom. The third-order valence-corrected chi connectivity index (χ3v) is 4.23. The SMILES string of the molecule is C=CNC1CC1.CNC(=O)c1cc(C)cn(Cc2ccccc2C)c1=O. The molecule has 5 nitrogen and oxygen atoms in total. The van der Waals surface area contributed by atoms with Gasteiger partial charge in [-0.3, -0.25) is 9.59 Å². The van der Waals surface area contributed by atoms with Crippen molar-refractivity contribution in [3.8, 4) is 0 Å². The van der Waals surface area contributed by atoms with Crippen LogP contribution in [0.5, 0.6) is 0 Å². The van der Waals surface area contributed by atoms with Crippen LogP contribution >= 0.6 is 0 Å². The highest BCUT2D eigenvalue weighted by Crippen LogP contribution is 2.17. The maximum Gasteiger partial charge on any atom is 0.263 e.